The van der Waals surface area contributed by atoms with Crippen LogP contribution in [0.25, 0.3) is 0 Å². The summed E-state index contributed by atoms with van der Waals surface area (Å²) in [6, 6.07) is 1.59. The number of carbonyl (C=O) groups is 1. The highest BCUT2D eigenvalue weighted by atomic mass is 32.2. The smallest absolute Gasteiger partial charge is 0.248 e. The SMILES string of the molecule is Cc1cc(CS(=O)(=O)N2CCN(C(=O)CO)CC2)no1. The third-order valence-electron chi connectivity index (χ3n) is 3.13. The molecule has 1 aliphatic heterocycles. The highest BCUT2D eigenvalue weighted by Gasteiger charge is 2.29. The van der Waals surface area contributed by atoms with Gasteiger partial charge in [0.15, 0.2) is 0 Å². The molecular formula is C11H17N3O5S. The van der Waals surface area contributed by atoms with Gasteiger partial charge in [-0.2, -0.15) is 4.31 Å². The number of aliphatic hydroxyl groups is 1. The van der Waals surface area contributed by atoms with Crippen molar-refractivity contribution in [2.75, 3.05) is 32.8 Å². The fourth-order valence-electron chi connectivity index (χ4n) is 2.08. The summed E-state index contributed by atoms with van der Waals surface area (Å²) in [7, 11) is -3.47. The molecule has 9 heteroatoms. The van der Waals surface area contributed by atoms with E-state index in [1.54, 1.807) is 13.0 Å². The Balaban J connectivity index is 1.97. The van der Waals surface area contributed by atoms with Gasteiger partial charge in [0.2, 0.25) is 15.9 Å². The Hall–Kier alpha value is -1.45. The molecule has 0 saturated carbocycles. The second-order valence-corrected chi connectivity index (χ2v) is 6.59. The lowest BCUT2D eigenvalue weighted by Gasteiger charge is -2.33. The van der Waals surface area contributed by atoms with Crippen LogP contribution in [0.5, 0.6) is 0 Å². The monoisotopic (exact) mass is 303 g/mol. The summed E-state index contributed by atoms with van der Waals surface area (Å²) < 4.78 is 30.6. The van der Waals surface area contributed by atoms with Gasteiger partial charge < -0.3 is 14.5 Å². The van der Waals surface area contributed by atoms with Crippen molar-refractivity contribution in [1.29, 1.82) is 0 Å². The van der Waals surface area contributed by atoms with Crippen molar-refractivity contribution < 1.29 is 22.8 Å². The first-order valence-corrected chi connectivity index (χ1v) is 7.82. The lowest BCUT2D eigenvalue weighted by atomic mass is 10.3. The Bertz CT molecular complexity index is 575. The summed E-state index contributed by atoms with van der Waals surface area (Å²) in [6.45, 7) is 2.18. The predicted octanol–water partition coefficient (Wildman–Crippen LogP) is -1.05. The average Bonchev–Trinajstić information content (AvgIpc) is 2.82. The van der Waals surface area contributed by atoms with E-state index in [0.29, 0.717) is 11.5 Å². The molecule has 0 aliphatic carbocycles. The maximum atomic E-state index is 12.2. The molecule has 1 N–H and O–H groups in total. The van der Waals surface area contributed by atoms with Crippen LogP contribution in [0.2, 0.25) is 0 Å². The van der Waals surface area contributed by atoms with Gasteiger partial charge in [0.25, 0.3) is 0 Å². The zero-order chi connectivity index (χ0) is 14.8. The number of sulfonamides is 1. The van der Waals surface area contributed by atoms with Crippen molar-refractivity contribution in [3.8, 4) is 0 Å². The summed E-state index contributed by atoms with van der Waals surface area (Å²) in [5, 5.41) is 12.4. The normalized spacial score (nSPS) is 17.4. The quantitative estimate of drug-likeness (QED) is 0.761. The molecule has 1 aliphatic rings. The average molecular weight is 303 g/mol. The van der Waals surface area contributed by atoms with Gasteiger partial charge in [-0.1, -0.05) is 5.16 Å². The van der Waals surface area contributed by atoms with Crippen molar-refractivity contribution in [1.82, 2.24) is 14.4 Å². The van der Waals surface area contributed by atoms with Crippen LogP contribution < -0.4 is 0 Å². The van der Waals surface area contributed by atoms with Crippen LogP contribution in [0.15, 0.2) is 10.6 Å². The van der Waals surface area contributed by atoms with E-state index < -0.39 is 16.6 Å². The Morgan fingerprint density at radius 2 is 2.05 bits per heavy atom. The van der Waals surface area contributed by atoms with Gasteiger partial charge in [-0.15, -0.1) is 0 Å². The van der Waals surface area contributed by atoms with E-state index in [0.717, 1.165) is 0 Å². The highest BCUT2D eigenvalue weighted by Crippen LogP contribution is 2.13. The van der Waals surface area contributed by atoms with E-state index >= 15 is 0 Å². The van der Waals surface area contributed by atoms with Gasteiger partial charge in [0.05, 0.1) is 0 Å². The van der Waals surface area contributed by atoms with Gasteiger partial charge in [-0.3, -0.25) is 4.79 Å². The Labute approximate surface area is 117 Å². The van der Waals surface area contributed by atoms with E-state index in [4.69, 9.17) is 9.63 Å². The minimum Gasteiger partial charge on any atom is -0.387 e. The topological polar surface area (TPSA) is 104 Å². The van der Waals surface area contributed by atoms with Crippen molar-refractivity contribution in [3.05, 3.63) is 17.5 Å². The molecule has 8 nitrogen and oxygen atoms in total. The van der Waals surface area contributed by atoms with Gasteiger partial charge >= 0.3 is 0 Å². The molecule has 0 aromatic carbocycles. The summed E-state index contributed by atoms with van der Waals surface area (Å²) in [4.78, 5) is 12.8. The number of aromatic nitrogens is 1. The number of nitrogens with zero attached hydrogens (tertiary/aromatic N) is 3. The van der Waals surface area contributed by atoms with Crippen LogP contribution in [-0.4, -0.2) is 66.6 Å². The number of piperazine rings is 1. The molecule has 112 valence electrons. The first-order valence-electron chi connectivity index (χ1n) is 6.21. The number of carbonyl (C=O) groups excluding carboxylic acids is 1. The van der Waals surface area contributed by atoms with Crippen molar-refractivity contribution >= 4 is 15.9 Å². The first kappa shape index (κ1) is 14.9. The number of hydrogen-bond donors (Lipinski definition) is 1. The summed E-state index contributed by atoms with van der Waals surface area (Å²) in [5.74, 6) is -0.0269. The Morgan fingerprint density at radius 1 is 1.40 bits per heavy atom. The van der Waals surface area contributed by atoms with E-state index in [2.05, 4.69) is 5.16 Å². The van der Waals surface area contributed by atoms with Crippen LogP contribution in [0.4, 0.5) is 0 Å². The van der Waals surface area contributed by atoms with Gasteiger partial charge in [0, 0.05) is 32.2 Å². The zero-order valence-electron chi connectivity index (χ0n) is 11.2. The van der Waals surface area contributed by atoms with Crippen LogP contribution in [0, 0.1) is 6.92 Å². The number of amides is 1. The van der Waals surface area contributed by atoms with Crippen molar-refractivity contribution in [2.24, 2.45) is 0 Å². The maximum absolute atomic E-state index is 12.2. The summed E-state index contributed by atoms with van der Waals surface area (Å²) in [6.07, 6.45) is 0. The van der Waals surface area contributed by atoms with E-state index in [1.165, 1.54) is 9.21 Å². The summed E-state index contributed by atoms with van der Waals surface area (Å²) >= 11 is 0. The Kier molecular flexibility index (Phi) is 4.41. The molecule has 0 atom stereocenters. The van der Waals surface area contributed by atoms with Crippen LogP contribution in [0.3, 0.4) is 0 Å². The molecule has 1 aromatic heterocycles. The molecule has 0 radical (unpaired) electrons. The first-order chi connectivity index (χ1) is 9.42. The second-order valence-electron chi connectivity index (χ2n) is 4.62. The highest BCUT2D eigenvalue weighted by molar-refractivity contribution is 7.88. The molecule has 1 fully saturated rings. The van der Waals surface area contributed by atoms with E-state index in [1.807, 2.05) is 0 Å². The molecular weight excluding hydrogens is 286 g/mol. The predicted molar refractivity (Wildman–Crippen MR) is 69.1 cm³/mol. The molecule has 0 bridgehead atoms. The molecule has 20 heavy (non-hydrogen) atoms. The number of aryl methyl sites for hydroxylation is 1. The maximum Gasteiger partial charge on any atom is 0.248 e. The van der Waals surface area contributed by atoms with E-state index in [-0.39, 0.29) is 37.8 Å². The van der Waals surface area contributed by atoms with Gasteiger partial charge in [0.1, 0.15) is 23.8 Å². The zero-order valence-corrected chi connectivity index (χ0v) is 12.0. The van der Waals surface area contributed by atoms with Crippen molar-refractivity contribution in [2.45, 2.75) is 12.7 Å². The molecule has 2 heterocycles. The fraction of sp³-hybridized carbons (Fsp3) is 0.636. The fourth-order valence-corrected chi connectivity index (χ4v) is 3.49. The van der Waals surface area contributed by atoms with Gasteiger partial charge in [-0.05, 0) is 6.92 Å². The van der Waals surface area contributed by atoms with Crippen molar-refractivity contribution in [3.63, 3.8) is 0 Å². The minimum atomic E-state index is -3.47. The number of hydrogen-bond acceptors (Lipinski definition) is 6. The lowest BCUT2D eigenvalue weighted by Crippen LogP contribution is -2.51. The van der Waals surface area contributed by atoms with Gasteiger partial charge in [-0.25, -0.2) is 8.42 Å². The molecule has 1 saturated heterocycles. The standard InChI is InChI=1S/C11H17N3O5S/c1-9-6-10(12-19-9)8-20(17,18)14-4-2-13(3-5-14)11(16)7-15/h6,15H,2-5,7-8H2,1H3. The molecule has 1 aromatic rings. The number of aliphatic hydroxyl groups excluding tert-OH is 1. The number of rotatable bonds is 4. The second kappa shape index (κ2) is 5.90. The summed E-state index contributed by atoms with van der Waals surface area (Å²) in [5.41, 5.74) is 0.372. The molecule has 0 spiro atoms. The Morgan fingerprint density at radius 3 is 2.55 bits per heavy atom. The largest absolute Gasteiger partial charge is 0.387 e. The molecule has 1 amide bonds. The van der Waals surface area contributed by atoms with Crippen LogP contribution >= 0.6 is 0 Å². The van der Waals surface area contributed by atoms with Crippen LogP contribution in [-0.2, 0) is 20.6 Å². The van der Waals surface area contributed by atoms with Crippen LogP contribution in [0.1, 0.15) is 11.5 Å². The molecule has 0 unspecified atom stereocenters. The minimum absolute atomic E-state index is 0.210. The third kappa shape index (κ3) is 3.35. The molecule has 2 rings (SSSR count). The third-order valence-corrected chi connectivity index (χ3v) is 4.94. The van der Waals surface area contributed by atoms with E-state index in [9.17, 15) is 13.2 Å². The lowest BCUT2D eigenvalue weighted by molar-refractivity contribution is -0.135.